The minimum Gasteiger partial charge on any atom is -0.492 e. The van der Waals surface area contributed by atoms with Crippen molar-refractivity contribution in [2.75, 3.05) is 33.8 Å². The highest BCUT2D eigenvalue weighted by molar-refractivity contribution is 5.73. The number of nitriles is 2. The Morgan fingerprint density at radius 3 is 2.52 bits per heavy atom. The zero-order chi connectivity index (χ0) is 23.4. The average Bonchev–Trinajstić information content (AvgIpc) is 3.24. The molecular weight excluding hydrogens is 414 g/mol. The molecule has 0 radical (unpaired) electrons. The number of ether oxygens (including phenoxy) is 1. The number of carbonyl (C=O) groups excluding carboxylic acids is 1. The van der Waals surface area contributed by atoms with Gasteiger partial charge in [0.25, 0.3) is 0 Å². The molecular formula is C26H29N5O2. The first kappa shape index (κ1) is 22.6. The number of urea groups is 1. The number of hydrogen-bond donors (Lipinski definition) is 0. The third kappa shape index (κ3) is 5.27. The molecule has 0 unspecified atom stereocenters. The van der Waals surface area contributed by atoms with Gasteiger partial charge >= 0.3 is 6.03 Å². The van der Waals surface area contributed by atoms with E-state index in [1.54, 1.807) is 19.0 Å². The van der Waals surface area contributed by atoms with E-state index in [-0.39, 0.29) is 6.03 Å². The summed E-state index contributed by atoms with van der Waals surface area (Å²) >= 11 is 0. The smallest absolute Gasteiger partial charge is 0.319 e. The van der Waals surface area contributed by atoms with Crippen molar-refractivity contribution in [3.05, 3.63) is 64.2 Å². The summed E-state index contributed by atoms with van der Waals surface area (Å²) in [6.07, 6.45) is 1.81. The first-order valence-electron chi connectivity index (χ1n) is 11.3. The molecule has 0 saturated carbocycles. The monoisotopic (exact) mass is 443 g/mol. The van der Waals surface area contributed by atoms with E-state index < -0.39 is 0 Å². The van der Waals surface area contributed by atoms with Crippen LogP contribution in [0.2, 0.25) is 0 Å². The maximum absolute atomic E-state index is 12.1. The maximum Gasteiger partial charge on any atom is 0.319 e. The van der Waals surface area contributed by atoms with Gasteiger partial charge in [0.1, 0.15) is 11.8 Å². The van der Waals surface area contributed by atoms with E-state index in [4.69, 9.17) is 10.00 Å². The largest absolute Gasteiger partial charge is 0.492 e. The van der Waals surface area contributed by atoms with Crippen LogP contribution in [0.15, 0.2) is 36.4 Å². The Morgan fingerprint density at radius 2 is 1.82 bits per heavy atom. The maximum atomic E-state index is 12.1. The number of fused-ring (bicyclic) bond motifs is 1. The summed E-state index contributed by atoms with van der Waals surface area (Å²) < 4.78 is 6.03. The number of piperidine rings is 1. The van der Waals surface area contributed by atoms with Gasteiger partial charge in [-0.05, 0) is 59.7 Å². The van der Waals surface area contributed by atoms with Gasteiger partial charge in [0.15, 0.2) is 0 Å². The van der Waals surface area contributed by atoms with Crippen molar-refractivity contribution in [3.63, 3.8) is 0 Å². The Hall–Kier alpha value is -3.55. The molecule has 0 atom stereocenters. The third-order valence-corrected chi connectivity index (χ3v) is 6.44. The van der Waals surface area contributed by atoms with E-state index in [1.165, 1.54) is 11.1 Å². The molecule has 2 aromatic carbocycles. The molecule has 33 heavy (non-hydrogen) atoms. The molecule has 1 fully saturated rings. The number of hydrogen-bond acceptors (Lipinski definition) is 5. The lowest BCUT2D eigenvalue weighted by atomic mass is 9.98. The van der Waals surface area contributed by atoms with Gasteiger partial charge in [-0.25, -0.2) is 4.79 Å². The first-order chi connectivity index (χ1) is 16.0. The van der Waals surface area contributed by atoms with Crippen molar-refractivity contribution >= 4 is 6.03 Å². The lowest BCUT2D eigenvalue weighted by molar-refractivity contribution is 0.129. The van der Waals surface area contributed by atoms with Crippen LogP contribution in [-0.4, -0.2) is 54.5 Å². The lowest BCUT2D eigenvalue weighted by Gasteiger charge is -2.33. The third-order valence-electron chi connectivity index (χ3n) is 6.44. The van der Waals surface area contributed by atoms with E-state index in [0.29, 0.717) is 29.4 Å². The van der Waals surface area contributed by atoms with Crippen LogP contribution in [0.4, 0.5) is 4.79 Å². The topological polar surface area (TPSA) is 83.6 Å². The molecule has 170 valence electrons. The van der Waals surface area contributed by atoms with E-state index >= 15 is 0 Å². The molecule has 0 spiro atoms. The predicted octanol–water partition coefficient (Wildman–Crippen LogP) is 3.72. The number of carbonyl (C=O) groups is 1. The van der Waals surface area contributed by atoms with Crippen LogP contribution in [0, 0.1) is 28.6 Å². The summed E-state index contributed by atoms with van der Waals surface area (Å²) in [7, 11) is 3.55. The van der Waals surface area contributed by atoms with Gasteiger partial charge in [-0.2, -0.15) is 10.5 Å². The fourth-order valence-corrected chi connectivity index (χ4v) is 4.57. The number of rotatable bonds is 5. The average molecular weight is 444 g/mol. The molecule has 0 bridgehead atoms. The van der Waals surface area contributed by atoms with Crippen LogP contribution >= 0.6 is 0 Å². The van der Waals surface area contributed by atoms with Crippen molar-refractivity contribution in [1.29, 1.82) is 10.5 Å². The van der Waals surface area contributed by atoms with E-state index in [1.807, 2.05) is 41.3 Å². The van der Waals surface area contributed by atoms with Gasteiger partial charge in [-0.3, -0.25) is 4.90 Å². The number of benzene rings is 2. The molecule has 2 amide bonds. The van der Waals surface area contributed by atoms with Crippen LogP contribution in [0.1, 0.15) is 40.7 Å². The van der Waals surface area contributed by atoms with Gasteiger partial charge < -0.3 is 14.5 Å². The van der Waals surface area contributed by atoms with Crippen molar-refractivity contribution in [2.45, 2.75) is 32.5 Å². The van der Waals surface area contributed by atoms with Crippen LogP contribution in [0.25, 0.3) is 0 Å². The summed E-state index contributed by atoms with van der Waals surface area (Å²) in [6.45, 7) is 4.42. The van der Waals surface area contributed by atoms with E-state index in [2.05, 4.69) is 17.0 Å². The zero-order valence-corrected chi connectivity index (χ0v) is 19.3. The van der Waals surface area contributed by atoms with Crippen molar-refractivity contribution < 1.29 is 9.53 Å². The predicted molar refractivity (Wildman–Crippen MR) is 124 cm³/mol. The number of likely N-dealkylation sites (tertiary alicyclic amines) is 1. The van der Waals surface area contributed by atoms with Crippen molar-refractivity contribution in [3.8, 4) is 17.9 Å². The zero-order valence-electron chi connectivity index (χ0n) is 19.3. The van der Waals surface area contributed by atoms with Crippen LogP contribution < -0.4 is 4.74 Å². The Kier molecular flexibility index (Phi) is 6.82. The van der Waals surface area contributed by atoms with Crippen LogP contribution in [-0.2, 0) is 19.6 Å². The van der Waals surface area contributed by atoms with Crippen LogP contribution in [0.5, 0.6) is 5.75 Å². The minimum atomic E-state index is 0.0586. The fraction of sp³-hybridized carbons (Fsp3) is 0.423. The molecule has 0 aromatic heterocycles. The fourth-order valence-electron chi connectivity index (χ4n) is 4.57. The summed E-state index contributed by atoms with van der Waals surface area (Å²) in [5.41, 5.74) is 4.78. The molecule has 7 heteroatoms. The second-order valence-electron chi connectivity index (χ2n) is 9.10. The minimum absolute atomic E-state index is 0.0586. The Bertz CT molecular complexity index is 1110. The molecule has 2 heterocycles. The molecule has 1 saturated heterocycles. The Morgan fingerprint density at radius 1 is 1.06 bits per heavy atom. The summed E-state index contributed by atoms with van der Waals surface area (Å²) in [5.74, 6) is 1.00. The SMILES string of the molecule is CN(C)C(=O)N1CCC(COc2ccc(CN3Cc4ccc(C#N)cc4C3)cc2C#N)CC1. The van der Waals surface area contributed by atoms with E-state index in [0.717, 1.165) is 51.1 Å². The Balaban J connectivity index is 1.31. The van der Waals surface area contributed by atoms with Gasteiger partial charge in [-0.1, -0.05) is 12.1 Å². The van der Waals surface area contributed by atoms with Gasteiger partial charge in [-0.15, -0.1) is 0 Å². The van der Waals surface area contributed by atoms with Gasteiger partial charge in [0.05, 0.1) is 23.8 Å². The summed E-state index contributed by atoms with van der Waals surface area (Å²) in [6, 6.07) is 16.2. The van der Waals surface area contributed by atoms with Gasteiger partial charge in [0, 0.05) is 46.8 Å². The molecule has 0 N–H and O–H groups in total. The summed E-state index contributed by atoms with van der Waals surface area (Å²) in [4.78, 5) is 17.9. The molecule has 0 aliphatic carbocycles. The quantitative estimate of drug-likeness (QED) is 0.703. The highest BCUT2D eigenvalue weighted by Crippen LogP contribution is 2.28. The lowest BCUT2D eigenvalue weighted by Crippen LogP contribution is -2.44. The molecule has 2 aromatic rings. The Labute approximate surface area is 195 Å². The summed E-state index contributed by atoms with van der Waals surface area (Å²) in [5, 5.41) is 18.8. The van der Waals surface area contributed by atoms with Crippen LogP contribution in [0.3, 0.4) is 0 Å². The second kappa shape index (κ2) is 9.94. The molecule has 2 aliphatic heterocycles. The molecule has 2 aliphatic rings. The normalized spacial score (nSPS) is 16.1. The van der Waals surface area contributed by atoms with Gasteiger partial charge in [0.2, 0.25) is 0 Å². The molecule has 7 nitrogen and oxygen atoms in total. The second-order valence-corrected chi connectivity index (χ2v) is 9.10. The molecule has 4 rings (SSSR count). The standard InChI is InChI=1S/C26H29N5O2/c1-29(2)26(32)31-9-7-19(8-10-31)18-33-25-6-4-21(12-23(25)14-28)15-30-16-22-5-3-20(13-27)11-24(22)17-30/h3-6,11-12,19H,7-10,15-18H2,1-2H3. The van der Waals surface area contributed by atoms with Crippen molar-refractivity contribution in [1.82, 2.24) is 14.7 Å². The van der Waals surface area contributed by atoms with Crippen molar-refractivity contribution in [2.24, 2.45) is 5.92 Å². The first-order valence-corrected chi connectivity index (χ1v) is 11.3. The number of nitrogens with zero attached hydrogens (tertiary/aromatic N) is 5. The number of amides is 2. The highest BCUT2D eigenvalue weighted by atomic mass is 16.5. The highest BCUT2D eigenvalue weighted by Gasteiger charge is 2.24. The van der Waals surface area contributed by atoms with E-state index in [9.17, 15) is 10.1 Å².